The van der Waals surface area contributed by atoms with E-state index < -0.39 is 22.5 Å². The summed E-state index contributed by atoms with van der Waals surface area (Å²) in [5, 5.41) is 3.18. The van der Waals surface area contributed by atoms with Crippen molar-refractivity contribution in [2.24, 2.45) is 0 Å². The Morgan fingerprint density at radius 2 is 2.10 bits per heavy atom. The Balaban J connectivity index is 2.77. The highest BCUT2D eigenvalue weighted by Crippen LogP contribution is 2.30. The first-order chi connectivity index (χ1) is 9.88. The minimum Gasteiger partial charge on any atom is -0.383 e. The van der Waals surface area contributed by atoms with E-state index in [2.05, 4.69) is 5.32 Å². The summed E-state index contributed by atoms with van der Waals surface area (Å²) >= 11 is 0. The Morgan fingerprint density at radius 1 is 1.38 bits per heavy atom. The molecule has 7 heteroatoms. The third kappa shape index (κ3) is 6.15. The molecule has 0 fully saturated rings. The van der Waals surface area contributed by atoms with Gasteiger partial charge in [-0.3, -0.25) is 4.21 Å². The number of rotatable bonds is 8. The summed E-state index contributed by atoms with van der Waals surface area (Å²) in [7, 11) is 0.0295. The molecule has 1 N–H and O–H groups in total. The SMILES string of the molecule is CCCNC(COC)CS(=O)c1cccc(C(F)(F)F)c1. The van der Waals surface area contributed by atoms with Crippen LogP contribution >= 0.6 is 0 Å². The monoisotopic (exact) mass is 323 g/mol. The van der Waals surface area contributed by atoms with E-state index in [-0.39, 0.29) is 16.7 Å². The molecule has 0 saturated heterocycles. The van der Waals surface area contributed by atoms with Gasteiger partial charge in [0.15, 0.2) is 0 Å². The van der Waals surface area contributed by atoms with Crippen molar-refractivity contribution in [2.75, 3.05) is 26.0 Å². The van der Waals surface area contributed by atoms with Crippen LogP contribution in [0.3, 0.4) is 0 Å². The van der Waals surface area contributed by atoms with Crippen LogP contribution in [-0.4, -0.2) is 36.3 Å². The number of hydrogen-bond donors (Lipinski definition) is 1. The quantitative estimate of drug-likeness (QED) is 0.799. The summed E-state index contributed by atoms with van der Waals surface area (Å²) < 4.78 is 55.2. The van der Waals surface area contributed by atoms with Crippen molar-refractivity contribution in [3.8, 4) is 0 Å². The average Bonchev–Trinajstić information content (AvgIpc) is 2.44. The summed E-state index contributed by atoms with van der Waals surface area (Å²) in [6, 6.07) is 4.50. The Bertz CT molecular complexity index is 466. The van der Waals surface area contributed by atoms with Crippen molar-refractivity contribution in [1.29, 1.82) is 0 Å². The van der Waals surface area contributed by atoms with Crippen molar-refractivity contribution in [3.05, 3.63) is 29.8 Å². The lowest BCUT2D eigenvalue weighted by Crippen LogP contribution is -2.38. The van der Waals surface area contributed by atoms with Crippen molar-refractivity contribution in [3.63, 3.8) is 0 Å². The molecule has 1 aromatic carbocycles. The van der Waals surface area contributed by atoms with Crippen molar-refractivity contribution >= 4 is 10.8 Å². The molecule has 0 bridgehead atoms. The zero-order valence-corrected chi connectivity index (χ0v) is 12.9. The highest BCUT2D eigenvalue weighted by atomic mass is 32.2. The highest BCUT2D eigenvalue weighted by molar-refractivity contribution is 7.85. The van der Waals surface area contributed by atoms with Crippen LogP contribution in [0.5, 0.6) is 0 Å². The van der Waals surface area contributed by atoms with Gasteiger partial charge in [0.1, 0.15) is 0 Å². The minimum absolute atomic E-state index is 0.148. The molecule has 120 valence electrons. The Labute approximate surface area is 125 Å². The fourth-order valence-corrected chi connectivity index (χ4v) is 3.07. The molecule has 0 aliphatic carbocycles. The lowest BCUT2D eigenvalue weighted by Gasteiger charge is -2.17. The van der Waals surface area contributed by atoms with Gasteiger partial charge in [0.25, 0.3) is 0 Å². The van der Waals surface area contributed by atoms with Crippen LogP contribution in [-0.2, 0) is 21.7 Å². The molecule has 2 atom stereocenters. The number of alkyl halides is 3. The maximum Gasteiger partial charge on any atom is 0.416 e. The van der Waals surface area contributed by atoms with E-state index in [0.717, 1.165) is 25.1 Å². The summed E-state index contributed by atoms with van der Waals surface area (Å²) in [4.78, 5) is 0.184. The molecule has 1 rings (SSSR count). The van der Waals surface area contributed by atoms with Crippen LogP contribution in [0.4, 0.5) is 13.2 Å². The van der Waals surface area contributed by atoms with Gasteiger partial charge >= 0.3 is 6.18 Å². The fraction of sp³-hybridized carbons (Fsp3) is 0.571. The number of ether oxygens (including phenoxy) is 1. The molecule has 0 saturated carbocycles. The molecular weight excluding hydrogens is 303 g/mol. The molecule has 3 nitrogen and oxygen atoms in total. The molecule has 0 aromatic heterocycles. The topological polar surface area (TPSA) is 38.3 Å². The van der Waals surface area contributed by atoms with Crippen LogP contribution in [0.15, 0.2) is 29.2 Å². The Morgan fingerprint density at radius 3 is 2.67 bits per heavy atom. The zero-order valence-electron chi connectivity index (χ0n) is 12.1. The summed E-state index contributed by atoms with van der Waals surface area (Å²) in [5.41, 5.74) is -0.779. The van der Waals surface area contributed by atoms with E-state index in [1.54, 1.807) is 0 Å². The van der Waals surface area contributed by atoms with Gasteiger partial charge in [-0.25, -0.2) is 0 Å². The van der Waals surface area contributed by atoms with Crippen LogP contribution in [0.2, 0.25) is 0 Å². The minimum atomic E-state index is -4.42. The largest absolute Gasteiger partial charge is 0.416 e. The first kappa shape index (κ1) is 18.1. The molecule has 21 heavy (non-hydrogen) atoms. The smallest absolute Gasteiger partial charge is 0.383 e. The predicted octanol–water partition coefficient (Wildman–Crippen LogP) is 2.83. The number of nitrogens with one attached hydrogen (secondary N) is 1. The number of halogens is 3. The van der Waals surface area contributed by atoms with Crippen LogP contribution in [0.1, 0.15) is 18.9 Å². The van der Waals surface area contributed by atoms with Gasteiger partial charge in [-0.05, 0) is 31.2 Å². The standard InChI is InChI=1S/C14H20F3NO2S/c1-3-7-18-12(9-20-2)10-21(19)13-6-4-5-11(8-13)14(15,16)17/h4-6,8,12,18H,3,7,9-10H2,1-2H3. The molecule has 0 amide bonds. The van der Waals surface area contributed by atoms with Crippen LogP contribution < -0.4 is 5.32 Å². The van der Waals surface area contributed by atoms with Gasteiger partial charge in [0.2, 0.25) is 0 Å². The molecule has 1 aromatic rings. The average molecular weight is 323 g/mol. The van der Waals surface area contributed by atoms with E-state index in [4.69, 9.17) is 4.74 Å². The second-order valence-corrected chi connectivity index (χ2v) is 6.14. The first-order valence-electron chi connectivity index (χ1n) is 6.66. The molecule has 0 radical (unpaired) electrons. The van der Waals surface area contributed by atoms with Gasteiger partial charge in [0.05, 0.1) is 23.0 Å². The third-order valence-corrected chi connectivity index (χ3v) is 4.31. The lowest BCUT2D eigenvalue weighted by atomic mass is 10.2. The second kappa shape index (κ2) is 8.51. The molecule has 0 spiro atoms. The maximum atomic E-state index is 12.6. The highest BCUT2D eigenvalue weighted by Gasteiger charge is 2.30. The predicted molar refractivity (Wildman–Crippen MR) is 76.7 cm³/mol. The van der Waals surface area contributed by atoms with Gasteiger partial charge in [0, 0.05) is 23.8 Å². The van der Waals surface area contributed by atoms with E-state index in [0.29, 0.717) is 6.61 Å². The van der Waals surface area contributed by atoms with Crippen molar-refractivity contribution in [2.45, 2.75) is 30.5 Å². The van der Waals surface area contributed by atoms with Gasteiger partial charge in [-0.15, -0.1) is 0 Å². The number of hydrogen-bond acceptors (Lipinski definition) is 3. The van der Waals surface area contributed by atoms with E-state index >= 15 is 0 Å². The third-order valence-electron chi connectivity index (χ3n) is 2.83. The lowest BCUT2D eigenvalue weighted by molar-refractivity contribution is -0.137. The molecule has 0 aliphatic rings. The summed E-state index contributed by atoms with van der Waals surface area (Å²) in [6.45, 7) is 3.11. The molecule has 0 heterocycles. The van der Waals surface area contributed by atoms with E-state index in [9.17, 15) is 17.4 Å². The number of methoxy groups -OCH3 is 1. The second-order valence-electron chi connectivity index (χ2n) is 4.64. The van der Waals surface area contributed by atoms with Crippen molar-refractivity contribution in [1.82, 2.24) is 5.32 Å². The van der Waals surface area contributed by atoms with Crippen LogP contribution in [0.25, 0.3) is 0 Å². The molecule has 2 unspecified atom stereocenters. The summed E-state index contributed by atoms with van der Waals surface area (Å²) in [6.07, 6.45) is -3.51. The van der Waals surface area contributed by atoms with Gasteiger partial charge in [-0.2, -0.15) is 13.2 Å². The van der Waals surface area contributed by atoms with Gasteiger partial charge < -0.3 is 10.1 Å². The zero-order chi connectivity index (χ0) is 15.9. The first-order valence-corrected chi connectivity index (χ1v) is 7.98. The normalized spacial score (nSPS) is 14.9. The maximum absolute atomic E-state index is 12.6. The molecular formula is C14H20F3NO2S. The van der Waals surface area contributed by atoms with Crippen LogP contribution in [0, 0.1) is 0 Å². The summed E-state index contributed by atoms with van der Waals surface area (Å²) in [5.74, 6) is 0.217. The Hall–Kier alpha value is -0.920. The number of benzene rings is 1. The van der Waals surface area contributed by atoms with Crippen molar-refractivity contribution < 1.29 is 22.1 Å². The van der Waals surface area contributed by atoms with E-state index in [1.807, 2.05) is 6.92 Å². The Kier molecular flexibility index (Phi) is 7.34. The van der Waals surface area contributed by atoms with E-state index in [1.165, 1.54) is 19.2 Å². The molecule has 0 aliphatic heterocycles. The fourth-order valence-electron chi connectivity index (χ4n) is 1.81. The van der Waals surface area contributed by atoms with Gasteiger partial charge in [-0.1, -0.05) is 13.0 Å².